The highest BCUT2D eigenvalue weighted by Gasteiger charge is 2.22. The molecule has 1 aliphatic rings. The summed E-state index contributed by atoms with van der Waals surface area (Å²) in [6.07, 6.45) is 4.40. The first kappa shape index (κ1) is 24.8. The number of fused-ring (bicyclic) bond motifs is 3. The van der Waals surface area contributed by atoms with Gasteiger partial charge in [-0.05, 0) is 79.8 Å². The molecule has 5 rings (SSSR count). The zero-order valence-corrected chi connectivity index (χ0v) is 22.5. The highest BCUT2D eigenvalue weighted by molar-refractivity contribution is 8.00. The fraction of sp³-hybridized carbons (Fsp3) is 0.231. The molecule has 9 heteroatoms. The summed E-state index contributed by atoms with van der Waals surface area (Å²) >= 11 is 16.4. The van der Waals surface area contributed by atoms with Crippen LogP contribution in [0, 0.1) is 0 Å². The minimum absolute atomic E-state index is 0.00652. The number of benzene rings is 2. The van der Waals surface area contributed by atoms with Crippen LogP contribution >= 0.6 is 58.1 Å². The van der Waals surface area contributed by atoms with Crippen molar-refractivity contribution in [1.82, 2.24) is 9.97 Å². The molecule has 2 heterocycles. The highest BCUT2D eigenvalue weighted by atomic mass is 35.5. The molecule has 35 heavy (non-hydrogen) atoms. The van der Waals surface area contributed by atoms with Gasteiger partial charge in [-0.2, -0.15) is 0 Å². The summed E-state index contributed by atoms with van der Waals surface area (Å²) in [7, 11) is 0. The zero-order valence-electron chi connectivity index (χ0n) is 18.6. The number of halogens is 2. The molecule has 0 fully saturated rings. The maximum Gasteiger partial charge on any atom is 0.190 e. The Bertz CT molecular complexity index is 1400. The minimum Gasteiger partial charge on any atom is -0.293 e. The number of nitrogens with zero attached hydrogens (tertiary/aromatic N) is 2. The molecular formula is C26H20Cl2N2O2S3. The lowest BCUT2D eigenvalue weighted by Gasteiger charge is -2.12. The molecule has 0 saturated carbocycles. The lowest BCUT2D eigenvalue weighted by atomic mass is 9.97. The van der Waals surface area contributed by atoms with Gasteiger partial charge in [0, 0.05) is 31.4 Å². The average Bonchev–Trinajstić information content (AvgIpc) is 3.25. The van der Waals surface area contributed by atoms with E-state index >= 15 is 0 Å². The van der Waals surface area contributed by atoms with Crippen LogP contribution in [0.15, 0.2) is 58.7 Å². The third-order valence-corrected chi connectivity index (χ3v) is 9.28. The van der Waals surface area contributed by atoms with Gasteiger partial charge in [0.2, 0.25) is 0 Å². The van der Waals surface area contributed by atoms with Crippen LogP contribution in [0.3, 0.4) is 0 Å². The molecule has 2 aromatic carbocycles. The van der Waals surface area contributed by atoms with Gasteiger partial charge in [-0.3, -0.25) is 9.59 Å². The number of hydrogen-bond donors (Lipinski definition) is 0. The summed E-state index contributed by atoms with van der Waals surface area (Å²) in [5, 5.41) is 3.65. The number of thioether (sulfide) groups is 2. The van der Waals surface area contributed by atoms with E-state index in [9.17, 15) is 9.59 Å². The topological polar surface area (TPSA) is 59.9 Å². The maximum absolute atomic E-state index is 12.8. The predicted molar refractivity (Wildman–Crippen MR) is 147 cm³/mol. The van der Waals surface area contributed by atoms with Crippen LogP contribution < -0.4 is 0 Å². The average molecular weight is 560 g/mol. The predicted octanol–water partition coefficient (Wildman–Crippen LogP) is 7.83. The van der Waals surface area contributed by atoms with Crippen molar-refractivity contribution in [3.05, 3.63) is 80.1 Å². The summed E-state index contributed by atoms with van der Waals surface area (Å²) in [5.41, 5.74) is 2.56. The molecule has 4 aromatic rings. The number of hydrogen-bond acceptors (Lipinski definition) is 7. The molecule has 0 radical (unpaired) electrons. The largest absolute Gasteiger partial charge is 0.293 e. The van der Waals surface area contributed by atoms with E-state index in [2.05, 4.69) is 0 Å². The standard InChI is InChI=1S/C26H20Cl2N2O2S3/c27-17-9-5-15(6-10-17)20(31)13-33-24-23-19-3-1-2-4-22(19)35-25(23)30-26(29-24)34-14-21(32)16-7-11-18(28)12-8-16/h5-12H,1-4,13-14H2. The Balaban J connectivity index is 1.40. The second kappa shape index (κ2) is 11.0. The Morgan fingerprint density at radius 2 is 1.37 bits per heavy atom. The van der Waals surface area contributed by atoms with Crippen LogP contribution in [0.5, 0.6) is 0 Å². The highest BCUT2D eigenvalue weighted by Crippen LogP contribution is 2.40. The normalized spacial score (nSPS) is 13.1. The summed E-state index contributed by atoms with van der Waals surface area (Å²) < 4.78 is 0. The second-order valence-corrected chi connectivity index (χ2v) is 12.0. The Morgan fingerprint density at radius 1 is 0.800 bits per heavy atom. The van der Waals surface area contributed by atoms with Gasteiger partial charge in [0.1, 0.15) is 9.86 Å². The van der Waals surface area contributed by atoms with Gasteiger partial charge >= 0.3 is 0 Å². The summed E-state index contributed by atoms with van der Waals surface area (Å²) in [5.74, 6) is 0.515. The molecule has 0 saturated heterocycles. The van der Waals surface area contributed by atoms with Gasteiger partial charge in [0.25, 0.3) is 0 Å². The molecule has 0 bridgehead atoms. The van der Waals surface area contributed by atoms with Gasteiger partial charge in [-0.25, -0.2) is 9.97 Å². The van der Waals surface area contributed by atoms with Crippen molar-refractivity contribution >= 4 is 79.8 Å². The van der Waals surface area contributed by atoms with Crippen molar-refractivity contribution in [1.29, 1.82) is 0 Å². The summed E-state index contributed by atoms with van der Waals surface area (Å²) in [4.78, 5) is 37.4. The Labute approximate surface area is 225 Å². The van der Waals surface area contributed by atoms with Gasteiger partial charge in [-0.1, -0.05) is 46.7 Å². The van der Waals surface area contributed by atoms with Crippen molar-refractivity contribution in [2.45, 2.75) is 35.9 Å². The van der Waals surface area contributed by atoms with Crippen LogP contribution in [0.4, 0.5) is 0 Å². The quantitative estimate of drug-likeness (QED) is 0.0949. The third kappa shape index (κ3) is 5.75. The number of carbonyl (C=O) groups is 2. The van der Waals surface area contributed by atoms with Crippen LogP contribution in [0.1, 0.15) is 44.0 Å². The van der Waals surface area contributed by atoms with Crippen LogP contribution in [0.2, 0.25) is 10.0 Å². The Kier molecular flexibility index (Phi) is 7.80. The first-order chi connectivity index (χ1) is 17.0. The van der Waals surface area contributed by atoms with Gasteiger partial charge < -0.3 is 0 Å². The van der Waals surface area contributed by atoms with E-state index < -0.39 is 0 Å². The number of aryl methyl sites for hydroxylation is 2. The smallest absolute Gasteiger partial charge is 0.190 e. The van der Waals surface area contributed by atoms with E-state index in [0.717, 1.165) is 34.5 Å². The lowest BCUT2D eigenvalue weighted by Crippen LogP contribution is -2.05. The van der Waals surface area contributed by atoms with E-state index in [1.54, 1.807) is 59.9 Å². The number of thiophene rings is 1. The van der Waals surface area contributed by atoms with Gasteiger partial charge in [0.15, 0.2) is 16.7 Å². The van der Waals surface area contributed by atoms with Crippen molar-refractivity contribution in [3.63, 3.8) is 0 Å². The SMILES string of the molecule is O=C(CSc1nc(SCC(=O)c2ccc(Cl)cc2)c2c3c(sc2n1)CCCC3)c1ccc(Cl)cc1. The van der Waals surface area contributed by atoms with E-state index in [-0.39, 0.29) is 23.1 Å². The lowest BCUT2D eigenvalue weighted by molar-refractivity contribution is 0.101. The molecule has 0 amide bonds. The molecular weight excluding hydrogens is 539 g/mol. The van der Waals surface area contributed by atoms with Gasteiger partial charge in [-0.15, -0.1) is 11.3 Å². The molecule has 0 spiro atoms. The Hall–Kier alpha value is -1.90. The first-order valence-corrected chi connectivity index (χ1v) is 14.7. The maximum atomic E-state index is 12.8. The number of rotatable bonds is 8. The molecule has 0 aliphatic heterocycles. The monoisotopic (exact) mass is 558 g/mol. The summed E-state index contributed by atoms with van der Waals surface area (Å²) in [6, 6.07) is 13.8. The fourth-order valence-corrected chi connectivity index (χ4v) is 7.36. The molecule has 0 N–H and O–H groups in total. The van der Waals surface area contributed by atoms with Crippen molar-refractivity contribution in [2.75, 3.05) is 11.5 Å². The fourth-order valence-electron chi connectivity index (χ4n) is 3.98. The Morgan fingerprint density at radius 3 is 2.00 bits per heavy atom. The summed E-state index contributed by atoms with van der Waals surface area (Å²) in [6.45, 7) is 0. The molecule has 2 aromatic heterocycles. The van der Waals surface area contributed by atoms with E-state index in [4.69, 9.17) is 33.2 Å². The van der Waals surface area contributed by atoms with Crippen LogP contribution in [0.25, 0.3) is 10.2 Å². The number of carbonyl (C=O) groups excluding carboxylic acids is 2. The van der Waals surface area contributed by atoms with E-state index in [1.165, 1.54) is 40.4 Å². The minimum atomic E-state index is -0.00652. The van der Waals surface area contributed by atoms with Gasteiger partial charge in [0.05, 0.1) is 11.5 Å². The first-order valence-electron chi connectivity index (χ1n) is 11.1. The second-order valence-electron chi connectivity index (χ2n) is 8.14. The third-order valence-electron chi connectivity index (χ3n) is 5.77. The van der Waals surface area contributed by atoms with E-state index in [0.29, 0.717) is 26.3 Å². The van der Waals surface area contributed by atoms with Crippen LogP contribution in [-0.2, 0) is 12.8 Å². The molecule has 4 nitrogen and oxygen atoms in total. The number of ketones is 2. The molecule has 1 aliphatic carbocycles. The molecule has 0 unspecified atom stereocenters. The van der Waals surface area contributed by atoms with Crippen molar-refractivity contribution in [3.8, 4) is 0 Å². The molecule has 178 valence electrons. The van der Waals surface area contributed by atoms with E-state index in [1.807, 2.05) is 0 Å². The van der Waals surface area contributed by atoms with Crippen molar-refractivity contribution in [2.24, 2.45) is 0 Å². The number of Topliss-reactive ketones (excluding diaryl/α,β-unsaturated/α-hetero) is 2. The molecule has 0 atom stereocenters. The van der Waals surface area contributed by atoms with Crippen LogP contribution in [-0.4, -0.2) is 33.0 Å². The zero-order chi connectivity index (χ0) is 24.4. The van der Waals surface area contributed by atoms with Crippen molar-refractivity contribution < 1.29 is 9.59 Å². The number of aromatic nitrogens is 2.